The molecular formula is C14H24N4S. The molecular weight excluding hydrogens is 256 g/mol. The topological polar surface area (TPSA) is 66.0 Å². The summed E-state index contributed by atoms with van der Waals surface area (Å²) in [6, 6.07) is 0. The molecule has 1 aromatic rings. The van der Waals surface area contributed by atoms with Crippen molar-refractivity contribution in [3.8, 4) is 0 Å². The number of aromatic nitrogens is 1. The number of nitrogens with two attached hydrogens (primary N) is 1. The zero-order chi connectivity index (χ0) is 14.0. The third-order valence-corrected chi connectivity index (χ3v) is 4.81. The van der Waals surface area contributed by atoms with Crippen molar-refractivity contribution in [2.24, 2.45) is 11.7 Å². The Bertz CT molecular complexity index is 444. The minimum atomic E-state index is 0.153. The van der Waals surface area contributed by atoms with Crippen LogP contribution in [0.2, 0.25) is 0 Å². The summed E-state index contributed by atoms with van der Waals surface area (Å²) in [5.74, 6) is 1.33. The van der Waals surface area contributed by atoms with Gasteiger partial charge in [-0.15, -0.1) is 11.3 Å². The molecule has 0 radical (unpaired) electrons. The SMILES string of the molecule is CC1CCN(Cc2nc(C(C)C)c(C(=N)N)s2)CC1. The molecule has 1 fully saturated rings. The summed E-state index contributed by atoms with van der Waals surface area (Å²) >= 11 is 1.59. The van der Waals surface area contributed by atoms with Crippen molar-refractivity contribution >= 4 is 17.2 Å². The molecule has 1 aromatic heterocycles. The van der Waals surface area contributed by atoms with Gasteiger partial charge in [0.2, 0.25) is 0 Å². The lowest BCUT2D eigenvalue weighted by molar-refractivity contribution is 0.185. The maximum absolute atomic E-state index is 7.66. The molecule has 0 aliphatic carbocycles. The Kier molecular flexibility index (Phi) is 4.58. The van der Waals surface area contributed by atoms with Crippen LogP contribution in [0, 0.1) is 11.3 Å². The molecule has 2 rings (SSSR count). The molecule has 106 valence electrons. The number of piperidine rings is 1. The Morgan fingerprint density at radius 2 is 2.11 bits per heavy atom. The Hall–Kier alpha value is -0.940. The molecule has 0 aromatic carbocycles. The van der Waals surface area contributed by atoms with Crippen molar-refractivity contribution in [3.63, 3.8) is 0 Å². The maximum atomic E-state index is 7.66. The van der Waals surface area contributed by atoms with Gasteiger partial charge in [-0.25, -0.2) is 4.98 Å². The van der Waals surface area contributed by atoms with Crippen molar-refractivity contribution in [1.29, 1.82) is 5.41 Å². The number of nitrogens with zero attached hydrogens (tertiary/aromatic N) is 2. The van der Waals surface area contributed by atoms with Crippen molar-refractivity contribution in [2.75, 3.05) is 13.1 Å². The van der Waals surface area contributed by atoms with Crippen LogP contribution in [0.15, 0.2) is 0 Å². The fraction of sp³-hybridized carbons (Fsp3) is 0.714. The van der Waals surface area contributed by atoms with E-state index < -0.39 is 0 Å². The van der Waals surface area contributed by atoms with E-state index in [0.29, 0.717) is 5.92 Å². The molecule has 1 aliphatic heterocycles. The molecule has 19 heavy (non-hydrogen) atoms. The monoisotopic (exact) mass is 280 g/mol. The predicted molar refractivity (Wildman–Crippen MR) is 80.9 cm³/mol. The van der Waals surface area contributed by atoms with Gasteiger partial charge in [0, 0.05) is 0 Å². The van der Waals surface area contributed by atoms with Gasteiger partial charge < -0.3 is 5.73 Å². The summed E-state index contributed by atoms with van der Waals surface area (Å²) in [5, 5.41) is 8.76. The maximum Gasteiger partial charge on any atom is 0.135 e. The van der Waals surface area contributed by atoms with Crippen LogP contribution in [0.4, 0.5) is 0 Å². The van der Waals surface area contributed by atoms with E-state index in [9.17, 15) is 0 Å². The molecule has 1 aliphatic rings. The van der Waals surface area contributed by atoms with Gasteiger partial charge in [0.25, 0.3) is 0 Å². The molecule has 0 atom stereocenters. The molecule has 0 amide bonds. The van der Waals surface area contributed by atoms with Crippen molar-refractivity contribution < 1.29 is 0 Å². The van der Waals surface area contributed by atoms with Crippen LogP contribution in [-0.4, -0.2) is 28.8 Å². The summed E-state index contributed by atoms with van der Waals surface area (Å²) in [6.45, 7) is 9.76. The number of nitrogen functional groups attached to an aromatic ring is 1. The Morgan fingerprint density at radius 1 is 1.47 bits per heavy atom. The fourth-order valence-electron chi connectivity index (χ4n) is 2.44. The van der Waals surface area contributed by atoms with Gasteiger partial charge in [-0.2, -0.15) is 0 Å². The van der Waals surface area contributed by atoms with Crippen molar-refractivity contribution in [1.82, 2.24) is 9.88 Å². The third-order valence-electron chi connectivity index (χ3n) is 3.72. The summed E-state index contributed by atoms with van der Waals surface area (Å²) in [7, 11) is 0. The molecule has 0 saturated carbocycles. The summed E-state index contributed by atoms with van der Waals surface area (Å²) in [4.78, 5) is 8.02. The summed E-state index contributed by atoms with van der Waals surface area (Å²) in [6.07, 6.45) is 2.56. The molecule has 0 unspecified atom stereocenters. The van der Waals surface area contributed by atoms with E-state index in [-0.39, 0.29) is 5.84 Å². The standard InChI is InChI=1S/C14H24N4S/c1-9(2)12-13(14(15)16)19-11(17-12)8-18-6-4-10(3)5-7-18/h9-10H,4-8H2,1-3H3,(H3,15,16). The first-order valence-electron chi connectivity index (χ1n) is 7.03. The minimum Gasteiger partial charge on any atom is -0.383 e. The second-order valence-corrected chi connectivity index (χ2v) is 6.93. The molecule has 0 bridgehead atoms. The summed E-state index contributed by atoms with van der Waals surface area (Å²) in [5.41, 5.74) is 6.64. The van der Waals surface area contributed by atoms with Crippen molar-refractivity contribution in [2.45, 2.75) is 46.1 Å². The van der Waals surface area contributed by atoms with Crippen LogP contribution in [0.5, 0.6) is 0 Å². The summed E-state index contributed by atoms with van der Waals surface area (Å²) < 4.78 is 0. The van der Waals surface area contributed by atoms with E-state index in [0.717, 1.165) is 41.1 Å². The molecule has 2 heterocycles. The van der Waals surface area contributed by atoms with Crippen molar-refractivity contribution in [3.05, 3.63) is 15.6 Å². The van der Waals surface area contributed by atoms with Gasteiger partial charge in [0.15, 0.2) is 0 Å². The fourth-order valence-corrected chi connectivity index (χ4v) is 3.56. The van der Waals surface area contributed by atoms with Gasteiger partial charge in [-0.1, -0.05) is 20.8 Å². The molecule has 4 nitrogen and oxygen atoms in total. The number of thiazole rings is 1. The molecule has 5 heteroatoms. The van der Waals surface area contributed by atoms with E-state index in [4.69, 9.17) is 16.1 Å². The highest BCUT2D eigenvalue weighted by molar-refractivity contribution is 7.13. The largest absolute Gasteiger partial charge is 0.383 e. The van der Waals surface area contributed by atoms with Crippen LogP contribution in [-0.2, 0) is 6.54 Å². The highest BCUT2D eigenvalue weighted by Gasteiger charge is 2.20. The first-order chi connectivity index (χ1) is 8.97. The van der Waals surface area contributed by atoms with Crippen LogP contribution in [0.3, 0.4) is 0 Å². The van der Waals surface area contributed by atoms with Crippen LogP contribution in [0.1, 0.15) is 55.1 Å². The van der Waals surface area contributed by atoms with Gasteiger partial charge >= 0.3 is 0 Å². The van der Waals surface area contributed by atoms with Crippen LogP contribution < -0.4 is 5.73 Å². The smallest absolute Gasteiger partial charge is 0.135 e. The Balaban J connectivity index is 2.08. The normalized spacial score (nSPS) is 18.1. The average molecular weight is 280 g/mol. The number of amidine groups is 1. The highest BCUT2D eigenvalue weighted by atomic mass is 32.1. The van der Waals surface area contributed by atoms with E-state index in [2.05, 4.69) is 25.7 Å². The minimum absolute atomic E-state index is 0.153. The van der Waals surface area contributed by atoms with Gasteiger partial charge in [0.1, 0.15) is 10.8 Å². The first-order valence-corrected chi connectivity index (χ1v) is 7.85. The predicted octanol–water partition coefficient (Wildman–Crippen LogP) is 2.78. The number of hydrogen-bond donors (Lipinski definition) is 2. The zero-order valence-corrected chi connectivity index (χ0v) is 12.9. The lowest BCUT2D eigenvalue weighted by Gasteiger charge is -2.29. The Morgan fingerprint density at radius 3 is 2.58 bits per heavy atom. The van der Waals surface area contributed by atoms with Gasteiger partial charge in [-0.3, -0.25) is 10.3 Å². The highest BCUT2D eigenvalue weighted by Crippen LogP contribution is 2.26. The zero-order valence-electron chi connectivity index (χ0n) is 12.1. The van der Waals surface area contributed by atoms with E-state index in [1.807, 2.05) is 0 Å². The number of rotatable bonds is 4. The van der Waals surface area contributed by atoms with E-state index >= 15 is 0 Å². The Labute approximate surface area is 119 Å². The number of nitrogens with one attached hydrogen (secondary N) is 1. The lowest BCUT2D eigenvalue weighted by Crippen LogP contribution is -2.32. The molecule has 0 spiro atoms. The average Bonchev–Trinajstić information content (AvgIpc) is 2.76. The second kappa shape index (κ2) is 6.01. The number of likely N-dealkylation sites (tertiary alicyclic amines) is 1. The second-order valence-electron chi connectivity index (χ2n) is 5.85. The molecule has 3 N–H and O–H groups in total. The lowest BCUT2D eigenvalue weighted by atomic mass is 9.99. The molecule has 1 saturated heterocycles. The quantitative estimate of drug-likeness (QED) is 0.658. The third kappa shape index (κ3) is 3.54. The van der Waals surface area contributed by atoms with Crippen LogP contribution >= 0.6 is 11.3 Å². The van der Waals surface area contributed by atoms with Gasteiger partial charge in [-0.05, 0) is 37.8 Å². The van der Waals surface area contributed by atoms with E-state index in [1.165, 1.54) is 12.8 Å². The number of hydrogen-bond acceptors (Lipinski definition) is 4. The first kappa shape index (κ1) is 14.5. The van der Waals surface area contributed by atoms with Crippen LogP contribution in [0.25, 0.3) is 0 Å². The van der Waals surface area contributed by atoms with E-state index in [1.54, 1.807) is 11.3 Å². The van der Waals surface area contributed by atoms with Gasteiger partial charge in [0.05, 0.1) is 17.1 Å².